The summed E-state index contributed by atoms with van der Waals surface area (Å²) in [5.74, 6) is -0.588. The molecule has 0 aliphatic rings. The Kier molecular flexibility index (Phi) is 4.74. The van der Waals surface area contributed by atoms with Gasteiger partial charge in [-0.15, -0.1) is 0 Å². The van der Waals surface area contributed by atoms with Gasteiger partial charge in [-0.25, -0.2) is 9.48 Å². The number of hydrogen-bond acceptors (Lipinski definition) is 6. The number of fused-ring (bicyclic) bond motifs is 1. The minimum absolute atomic E-state index is 0.0560. The van der Waals surface area contributed by atoms with E-state index in [-0.39, 0.29) is 11.4 Å². The van der Waals surface area contributed by atoms with Crippen LogP contribution in [0, 0.1) is 10.1 Å². The molecule has 1 unspecified atom stereocenters. The fourth-order valence-electron chi connectivity index (χ4n) is 2.93. The summed E-state index contributed by atoms with van der Waals surface area (Å²) in [6, 6.07) is 17.1. The lowest BCUT2D eigenvalue weighted by Crippen LogP contribution is -2.11. The Morgan fingerprint density at radius 1 is 1.14 bits per heavy atom. The van der Waals surface area contributed by atoms with Crippen LogP contribution in [0.2, 0.25) is 0 Å². The van der Waals surface area contributed by atoms with Gasteiger partial charge in [0.25, 0.3) is 5.69 Å². The third-order valence-corrected chi connectivity index (χ3v) is 4.47. The molecule has 144 valence electrons. The molecule has 0 bridgehead atoms. The summed E-state index contributed by atoms with van der Waals surface area (Å²) >= 11 is 0. The molecule has 4 aromatic rings. The van der Waals surface area contributed by atoms with Crippen molar-refractivity contribution in [3.63, 3.8) is 0 Å². The van der Waals surface area contributed by atoms with E-state index < -0.39 is 17.0 Å². The van der Waals surface area contributed by atoms with Crippen molar-refractivity contribution in [1.29, 1.82) is 0 Å². The summed E-state index contributed by atoms with van der Waals surface area (Å²) in [6.45, 7) is 1.77. The number of para-hydroxylation sites is 1. The van der Waals surface area contributed by atoms with Crippen LogP contribution in [0.25, 0.3) is 16.6 Å². The lowest BCUT2D eigenvalue weighted by atomic mass is 10.1. The van der Waals surface area contributed by atoms with Crippen molar-refractivity contribution in [3.8, 4) is 5.69 Å². The van der Waals surface area contributed by atoms with Gasteiger partial charge in [-0.2, -0.15) is 5.10 Å². The van der Waals surface area contributed by atoms with Crippen molar-refractivity contribution in [2.24, 2.45) is 0 Å². The Hall–Kier alpha value is -4.07. The van der Waals surface area contributed by atoms with E-state index in [9.17, 15) is 14.9 Å². The Morgan fingerprint density at radius 3 is 2.79 bits per heavy atom. The first-order chi connectivity index (χ1) is 14.0. The number of nitro benzene ring substituents is 1. The average molecular weight is 388 g/mol. The van der Waals surface area contributed by atoms with Crippen molar-refractivity contribution in [2.75, 3.05) is 0 Å². The molecule has 0 saturated carbocycles. The molecule has 0 spiro atoms. The van der Waals surface area contributed by atoms with Crippen LogP contribution < -0.4 is 0 Å². The standard InChI is InChI=1S/C21H16N4O4/c1-14(16-11-15-5-2-3-8-19(15)22-13-16)29-21(26)20-9-10-24(23-20)17-6-4-7-18(12-17)25(27)28/h2-14H,1H3. The summed E-state index contributed by atoms with van der Waals surface area (Å²) in [6.07, 6.45) is 2.72. The number of benzene rings is 2. The molecular formula is C21H16N4O4. The van der Waals surface area contributed by atoms with E-state index in [1.807, 2.05) is 30.3 Å². The van der Waals surface area contributed by atoms with Gasteiger partial charge >= 0.3 is 5.97 Å². The van der Waals surface area contributed by atoms with Crippen LogP contribution in [0.15, 0.2) is 73.1 Å². The summed E-state index contributed by atoms with van der Waals surface area (Å²) in [7, 11) is 0. The topological polar surface area (TPSA) is 100 Å². The molecule has 29 heavy (non-hydrogen) atoms. The Bertz CT molecular complexity index is 1220. The highest BCUT2D eigenvalue weighted by atomic mass is 16.6. The first-order valence-corrected chi connectivity index (χ1v) is 8.87. The Labute approximate surface area is 165 Å². The minimum Gasteiger partial charge on any atom is -0.453 e. The zero-order valence-electron chi connectivity index (χ0n) is 15.4. The van der Waals surface area contributed by atoms with Gasteiger partial charge in [0, 0.05) is 35.5 Å². The number of rotatable bonds is 5. The van der Waals surface area contributed by atoms with Gasteiger partial charge in [0.1, 0.15) is 6.10 Å². The Morgan fingerprint density at radius 2 is 1.97 bits per heavy atom. The molecule has 2 aromatic carbocycles. The van der Waals surface area contributed by atoms with Gasteiger partial charge in [-0.05, 0) is 31.2 Å². The van der Waals surface area contributed by atoms with Gasteiger partial charge in [0.05, 0.1) is 16.1 Å². The van der Waals surface area contributed by atoms with Crippen molar-refractivity contribution in [3.05, 3.63) is 94.4 Å². The summed E-state index contributed by atoms with van der Waals surface area (Å²) in [5.41, 5.74) is 2.17. The average Bonchev–Trinajstić information content (AvgIpc) is 3.24. The van der Waals surface area contributed by atoms with E-state index in [2.05, 4.69) is 10.1 Å². The molecule has 4 rings (SSSR count). The maximum absolute atomic E-state index is 12.5. The van der Waals surface area contributed by atoms with Crippen molar-refractivity contribution >= 4 is 22.6 Å². The van der Waals surface area contributed by atoms with Crippen LogP contribution in [0.1, 0.15) is 29.1 Å². The molecule has 8 heteroatoms. The zero-order chi connectivity index (χ0) is 20.4. The fourth-order valence-corrected chi connectivity index (χ4v) is 2.93. The van der Waals surface area contributed by atoms with Gasteiger partial charge in [-0.1, -0.05) is 24.3 Å². The summed E-state index contributed by atoms with van der Waals surface area (Å²) < 4.78 is 6.91. The molecule has 1 atom stereocenters. The fraction of sp³-hybridized carbons (Fsp3) is 0.0952. The third kappa shape index (κ3) is 3.81. The van der Waals surface area contributed by atoms with E-state index in [0.29, 0.717) is 5.69 Å². The number of nitrogens with zero attached hydrogens (tertiary/aromatic N) is 4. The first-order valence-electron chi connectivity index (χ1n) is 8.87. The highest BCUT2D eigenvalue weighted by molar-refractivity contribution is 5.87. The second-order valence-electron chi connectivity index (χ2n) is 6.43. The van der Waals surface area contributed by atoms with Gasteiger partial charge in [0.15, 0.2) is 5.69 Å². The monoisotopic (exact) mass is 388 g/mol. The van der Waals surface area contributed by atoms with E-state index in [4.69, 9.17) is 4.74 Å². The van der Waals surface area contributed by atoms with Crippen LogP contribution in [-0.2, 0) is 4.74 Å². The smallest absolute Gasteiger partial charge is 0.359 e. The molecule has 0 aliphatic carbocycles. The molecule has 8 nitrogen and oxygen atoms in total. The molecule has 0 fully saturated rings. The van der Waals surface area contributed by atoms with Crippen LogP contribution in [0.4, 0.5) is 5.69 Å². The maximum Gasteiger partial charge on any atom is 0.359 e. The quantitative estimate of drug-likeness (QED) is 0.288. The van der Waals surface area contributed by atoms with Crippen LogP contribution in [-0.4, -0.2) is 25.7 Å². The van der Waals surface area contributed by atoms with Crippen LogP contribution in [0.3, 0.4) is 0 Å². The molecule has 0 amide bonds. The molecule has 0 N–H and O–H groups in total. The predicted octanol–water partition coefficient (Wildman–Crippen LogP) is 4.25. The number of non-ortho nitro benzene ring substituents is 1. The Balaban J connectivity index is 1.51. The van der Waals surface area contributed by atoms with E-state index in [1.165, 1.54) is 22.9 Å². The number of ether oxygens (including phenoxy) is 1. The number of carbonyl (C=O) groups is 1. The minimum atomic E-state index is -0.588. The maximum atomic E-state index is 12.5. The SMILES string of the molecule is CC(OC(=O)c1ccn(-c2cccc([N+](=O)[O-])c2)n1)c1cnc2ccccc2c1. The molecule has 2 heterocycles. The zero-order valence-corrected chi connectivity index (χ0v) is 15.4. The molecule has 2 aromatic heterocycles. The summed E-state index contributed by atoms with van der Waals surface area (Å²) in [4.78, 5) is 27.3. The van der Waals surface area contributed by atoms with Crippen LogP contribution >= 0.6 is 0 Å². The molecule has 0 radical (unpaired) electrons. The van der Waals surface area contributed by atoms with E-state index in [0.717, 1.165) is 16.5 Å². The predicted molar refractivity (Wildman–Crippen MR) is 106 cm³/mol. The number of nitro groups is 1. The second-order valence-corrected chi connectivity index (χ2v) is 6.43. The second kappa shape index (κ2) is 7.51. The molecular weight excluding hydrogens is 372 g/mol. The number of hydrogen-bond donors (Lipinski definition) is 0. The molecule has 0 aliphatic heterocycles. The lowest BCUT2D eigenvalue weighted by Gasteiger charge is -2.13. The van der Waals surface area contributed by atoms with Crippen molar-refractivity contribution in [2.45, 2.75) is 13.0 Å². The van der Waals surface area contributed by atoms with Gasteiger partial charge in [-0.3, -0.25) is 15.1 Å². The third-order valence-electron chi connectivity index (χ3n) is 4.47. The van der Waals surface area contributed by atoms with E-state index >= 15 is 0 Å². The van der Waals surface area contributed by atoms with Gasteiger partial charge in [0.2, 0.25) is 0 Å². The van der Waals surface area contributed by atoms with E-state index in [1.54, 1.807) is 31.5 Å². The number of pyridine rings is 1. The number of esters is 1. The normalized spacial score (nSPS) is 11.9. The van der Waals surface area contributed by atoms with Crippen molar-refractivity contribution in [1.82, 2.24) is 14.8 Å². The number of carbonyl (C=O) groups excluding carboxylic acids is 1. The molecule has 0 saturated heterocycles. The lowest BCUT2D eigenvalue weighted by molar-refractivity contribution is -0.384. The highest BCUT2D eigenvalue weighted by Gasteiger charge is 2.18. The first kappa shape index (κ1) is 18.3. The highest BCUT2D eigenvalue weighted by Crippen LogP contribution is 2.22. The van der Waals surface area contributed by atoms with Crippen molar-refractivity contribution < 1.29 is 14.5 Å². The number of aromatic nitrogens is 3. The summed E-state index contributed by atoms with van der Waals surface area (Å²) in [5, 5.41) is 16.1. The van der Waals surface area contributed by atoms with Crippen LogP contribution in [0.5, 0.6) is 0 Å². The largest absolute Gasteiger partial charge is 0.453 e. The van der Waals surface area contributed by atoms with Gasteiger partial charge < -0.3 is 4.74 Å².